The van der Waals surface area contributed by atoms with Gasteiger partial charge in [0, 0.05) is 13.2 Å². The molecule has 9 heavy (non-hydrogen) atoms. The van der Waals surface area contributed by atoms with E-state index in [4.69, 9.17) is 10.5 Å². The van der Waals surface area contributed by atoms with Gasteiger partial charge in [-0.2, -0.15) is 0 Å². The van der Waals surface area contributed by atoms with Crippen molar-refractivity contribution in [3.8, 4) is 0 Å². The van der Waals surface area contributed by atoms with Gasteiger partial charge in [-0.25, -0.2) is 0 Å². The summed E-state index contributed by atoms with van der Waals surface area (Å²) in [4.78, 5) is 0. The van der Waals surface area contributed by atoms with Crippen LogP contribution in [-0.2, 0) is 4.74 Å². The Labute approximate surface area is 57.4 Å². The first-order valence-electron chi connectivity index (χ1n) is 3.38. The SMILES string of the molecule is COC(C(C)C)C(C)N. The molecular weight excluding hydrogens is 114 g/mol. The predicted octanol–water partition coefficient (Wildman–Crippen LogP) is 1.00. The summed E-state index contributed by atoms with van der Waals surface area (Å²) in [6.45, 7) is 6.18. The van der Waals surface area contributed by atoms with Gasteiger partial charge in [0.05, 0.1) is 6.10 Å². The van der Waals surface area contributed by atoms with Gasteiger partial charge in [-0.05, 0) is 12.8 Å². The van der Waals surface area contributed by atoms with E-state index in [0.29, 0.717) is 5.92 Å². The van der Waals surface area contributed by atoms with Crippen LogP contribution >= 0.6 is 0 Å². The highest BCUT2D eigenvalue weighted by atomic mass is 16.5. The molecule has 0 saturated heterocycles. The minimum Gasteiger partial charge on any atom is -0.380 e. The minimum absolute atomic E-state index is 0.134. The fourth-order valence-electron chi connectivity index (χ4n) is 1.09. The van der Waals surface area contributed by atoms with Crippen LogP contribution in [0.1, 0.15) is 20.8 Å². The second-order valence-electron chi connectivity index (χ2n) is 2.80. The summed E-state index contributed by atoms with van der Waals surface area (Å²) in [5.74, 6) is 0.509. The number of hydrogen-bond donors (Lipinski definition) is 1. The molecule has 0 radical (unpaired) electrons. The second kappa shape index (κ2) is 3.85. The Morgan fingerprint density at radius 2 is 1.67 bits per heavy atom. The molecule has 0 amide bonds. The normalized spacial score (nSPS) is 18.0. The molecule has 2 atom stereocenters. The smallest absolute Gasteiger partial charge is 0.0742 e. The number of nitrogens with two attached hydrogens (primary N) is 1. The molecule has 2 heteroatoms. The molecule has 0 aromatic heterocycles. The maximum atomic E-state index is 5.62. The number of ether oxygens (including phenoxy) is 1. The van der Waals surface area contributed by atoms with E-state index in [-0.39, 0.29) is 12.1 Å². The average molecular weight is 131 g/mol. The van der Waals surface area contributed by atoms with E-state index < -0.39 is 0 Å². The highest BCUT2D eigenvalue weighted by Crippen LogP contribution is 2.07. The van der Waals surface area contributed by atoms with Gasteiger partial charge >= 0.3 is 0 Å². The summed E-state index contributed by atoms with van der Waals surface area (Å²) in [5.41, 5.74) is 5.62. The highest BCUT2D eigenvalue weighted by Gasteiger charge is 2.15. The Bertz CT molecular complexity index is 63.3. The highest BCUT2D eigenvalue weighted by molar-refractivity contribution is 4.70. The average Bonchev–Trinajstić information content (AvgIpc) is 1.64. The maximum absolute atomic E-state index is 5.62. The van der Waals surface area contributed by atoms with Crippen molar-refractivity contribution in [2.24, 2.45) is 11.7 Å². The molecule has 0 aliphatic heterocycles. The Morgan fingerprint density at radius 3 is 1.67 bits per heavy atom. The molecule has 0 aliphatic rings. The first-order valence-corrected chi connectivity index (χ1v) is 3.38. The molecule has 0 aromatic carbocycles. The van der Waals surface area contributed by atoms with Gasteiger partial charge in [-0.15, -0.1) is 0 Å². The lowest BCUT2D eigenvalue weighted by Gasteiger charge is -2.22. The van der Waals surface area contributed by atoms with Gasteiger partial charge in [0.2, 0.25) is 0 Å². The molecule has 0 aromatic rings. The topological polar surface area (TPSA) is 35.2 Å². The fourth-order valence-corrected chi connectivity index (χ4v) is 1.09. The summed E-state index contributed by atoms with van der Waals surface area (Å²) in [6, 6.07) is 0.134. The first-order chi connectivity index (χ1) is 4.09. The standard InChI is InChI=1S/C7H17NO/c1-5(2)7(9-4)6(3)8/h5-7H,8H2,1-4H3. The molecule has 0 saturated carbocycles. The van der Waals surface area contributed by atoms with Crippen molar-refractivity contribution >= 4 is 0 Å². The van der Waals surface area contributed by atoms with Crippen molar-refractivity contribution in [2.45, 2.75) is 32.9 Å². The van der Waals surface area contributed by atoms with Crippen LogP contribution in [0.3, 0.4) is 0 Å². The van der Waals surface area contributed by atoms with E-state index in [1.165, 1.54) is 0 Å². The third-order valence-corrected chi connectivity index (χ3v) is 1.45. The van der Waals surface area contributed by atoms with E-state index >= 15 is 0 Å². The van der Waals surface area contributed by atoms with E-state index in [2.05, 4.69) is 13.8 Å². The van der Waals surface area contributed by atoms with Crippen LogP contribution in [0.4, 0.5) is 0 Å². The zero-order valence-electron chi connectivity index (χ0n) is 6.72. The molecule has 2 nitrogen and oxygen atoms in total. The van der Waals surface area contributed by atoms with E-state index in [1.807, 2.05) is 6.92 Å². The van der Waals surface area contributed by atoms with Gasteiger partial charge in [0.15, 0.2) is 0 Å². The lowest BCUT2D eigenvalue weighted by Crippen LogP contribution is -2.37. The third-order valence-electron chi connectivity index (χ3n) is 1.45. The molecule has 0 aliphatic carbocycles. The van der Waals surface area contributed by atoms with Crippen molar-refractivity contribution in [2.75, 3.05) is 7.11 Å². The van der Waals surface area contributed by atoms with Crippen molar-refractivity contribution in [1.82, 2.24) is 0 Å². The van der Waals surface area contributed by atoms with Crippen molar-refractivity contribution < 1.29 is 4.74 Å². The van der Waals surface area contributed by atoms with Crippen LogP contribution in [0.2, 0.25) is 0 Å². The van der Waals surface area contributed by atoms with E-state index in [0.717, 1.165) is 0 Å². The molecule has 0 fully saturated rings. The van der Waals surface area contributed by atoms with Crippen LogP contribution in [0.15, 0.2) is 0 Å². The van der Waals surface area contributed by atoms with Crippen LogP contribution in [0.25, 0.3) is 0 Å². The Hall–Kier alpha value is -0.0800. The molecule has 2 N–H and O–H groups in total. The number of hydrogen-bond acceptors (Lipinski definition) is 2. The van der Waals surface area contributed by atoms with Gasteiger partial charge in [0.1, 0.15) is 0 Å². The molecule has 56 valence electrons. The quantitative estimate of drug-likeness (QED) is 0.620. The van der Waals surface area contributed by atoms with Crippen molar-refractivity contribution in [3.05, 3.63) is 0 Å². The first kappa shape index (κ1) is 8.92. The van der Waals surface area contributed by atoms with Crippen LogP contribution in [0, 0.1) is 5.92 Å². The second-order valence-corrected chi connectivity index (χ2v) is 2.80. The Kier molecular flexibility index (Phi) is 3.82. The van der Waals surface area contributed by atoms with Crippen LogP contribution in [0.5, 0.6) is 0 Å². The van der Waals surface area contributed by atoms with Gasteiger partial charge < -0.3 is 10.5 Å². The zero-order valence-corrected chi connectivity index (χ0v) is 6.72. The monoisotopic (exact) mass is 131 g/mol. The van der Waals surface area contributed by atoms with Crippen molar-refractivity contribution in [1.29, 1.82) is 0 Å². The molecular formula is C7H17NO. The summed E-state index contributed by atoms with van der Waals surface area (Å²) >= 11 is 0. The summed E-state index contributed by atoms with van der Waals surface area (Å²) in [5, 5.41) is 0. The predicted molar refractivity (Wildman–Crippen MR) is 39.3 cm³/mol. The minimum atomic E-state index is 0.134. The number of methoxy groups -OCH3 is 1. The summed E-state index contributed by atoms with van der Waals surface area (Å²) in [7, 11) is 1.70. The van der Waals surface area contributed by atoms with Crippen LogP contribution in [-0.4, -0.2) is 19.3 Å². The summed E-state index contributed by atoms with van der Waals surface area (Å²) < 4.78 is 5.15. The molecule has 0 rings (SSSR count). The Morgan fingerprint density at radius 1 is 1.22 bits per heavy atom. The molecule has 0 heterocycles. The zero-order chi connectivity index (χ0) is 7.44. The van der Waals surface area contributed by atoms with Crippen molar-refractivity contribution in [3.63, 3.8) is 0 Å². The Balaban J connectivity index is 3.68. The van der Waals surface area contributed by atoms with Gasteiger partial charge in [-0.1, -0.05) is 13.8 Å². The lowest BCUT2D eigenvalue weighted by atomic mass is 10.0. The lowest BCUT2D eigenvalue weighted by molar-refractivity contribution is 0.0487. The number of rotatable bonds is 3. The molecule has 0 spiro atoms. The maximum Gasteiger partial charge on any atom is 0.0742 e. The fraction of sp³-hybridized carbons (Fsp3) is 1.00. The third kappa shape index (κ3) is 2.82. The van der Waals surface area contributed by atoms with Gasteiger partial charge in [-0.3, -0.25) is 0 Å². The van der Waals surface area contributed by atoms with E-state index in [1.54, 1.807) is 7.11 Å². The molecule has 2 unspecified atom stereocenters. The molecule has 0 bridgehead atoms. The van der Waals surface area contributed by atoms with Crippen LogP contribution < -0.4 is 5.73 Å². The van der Waals surface area contributed by atoms with E-state index in [9.17, 15) is 0 Å². The van der Waals surface area contributed by atoms with Gasteiger partial charge in [0.25, 0.3) is 0 Å². The summed E-state index contributed by atoms with van der Waals surface area (Å²) in [6.07, 6.45) is 0.199. The largest absolute Gasteiger partial charge is 0.380 e.